The van der Waals surface area contributed by atoms with Crippen molar-refractivity contribution in [3.63, 3.8) is 0 Å². The third-order valence-electron chi connectivity index (χ3n) is 2.91. The third kappa shape index (κ3) is 6.54. The third-order valence-corrected chi connectivity index (χ3v) is 2.91. The Labute approximate surface area is 152 Å². The molecule has 0 spiro atoms. The molecule has 0 aromatic heterocycles. The fourth-order valence-corrected chi connectivity index (χ4v) is 1.43. The van der Waals surface area contributed by atoms with Gasteiger partial charge in [0.25, 0.3) is 0 Å². The Hall–Kier alpha value is -2.98. The topological polar surface area (TPSA) is 198 Å². The number of nitro groups is 4. The molecule has 0 aliphatic rings. The molecule has 29 heavy (non-hydrogen) atoms. The molecule has 0 aromatic rings. The van der Waals surface area contributed by atoms with E-state index < -0.39 is 74.3 Å². The van der Waals surface area contributed by atoms with Crippen molar-refractivity contribution in [2.24, 2.45) is 0 Å². The van der Waals surface area contributed by atoms with Crippen molar-refractivity contribution in [2.45, 2.75) is 30.7 Å². The number of halogens is 6. The molecule has 0 aromatic carbocycles. The fraction of sp³-hybridized carbons (Fsp3) is 1.00. The summed E-state index contributed by atoms with van der Waals surface area (Å²) in [5.41, 5.74) is -4.33. The molecule has 0 aliphatic heterocycles. The minimum absolute atomic E-state index is 1.88. The highest BCUT2D eigenvalue weighted by Crippen LogP contribution is 2.27. The maximum absolute atomic E-state index is 13.4. The van der Waals surface area contributed by atoms with Crippen molar-refractivity contribution >= 4 is 0 Å². The molecular formula is C7H8F6N6O10. The maximum atomic E-state index is 13.4. The predicted octanol–water partition coefficient (Wildman–Crippen LogP) is 0.208. The lowest BCUT2D eigenvalue weighted by molar-refractivity contribution is -0.758. The van der Waals surface area contributed by atoms with Crippen molar-refractivity contribution in [1.82, 2.24) is 10.7 Å². The first-order valence-corrected chi connectivity index (χ1v) is 6.48. The first-order chi connectivity index (χ1) is 13.2. The normalized spacial score (nSPS) is 14.4. The highest BCUT2D eigenvalue weighted by molar-refractivity contribution is 4.78. The lowest BCUT2D eigenvalue weighted by Gasteiger charge is -2.32. The second kappa shape index (κ2) is 10.5. The summed E-state index contributed by atoms with van der Waals surface area (Å²) >= 11 is 0. The van der Waals surface area contributed by atoms with E-state index in [4.69, 9.17) is 0 Å². The summed E-state index contributed by atoms with van der Waals surface area (Å²) in [6, 6.07) is 0. The molecule has 0 rings (SSSR count). The zero-order valence-electron chi connectivity index (χ0n) is 13.3. The second-order valence-corrected chi connectivity index (χ2v) is 4.74. The molecule has 0 amide bonds. The van der Waals surface area contributed by atoms with E-state index in [-0.39, 0.29) is 0 Å². The summed E-state index contributed by atoms with van der Waals surface area (Å²) < 4.78 is 85.8. The van der Waals surface area contributed by atoms with Crippen molar-refractivity contribution in [3.8, 4) is 0 Å². The van der Waals surface area contributed by atoms with Crippen LogP contribution >= 0.6 is 0 Å². The number of nitrogens with zero attached hydrogens (tertiary/aromatic N) is 6. The smallest absolute Gasteiger partial charge is 0.333 e. The fourth-order valence-electron chi connectivity index (χ4n) is 1.43. The van der Waals surface area contributed by atoms with Crippen molar-refractivity contribution in [1.29, 1.82) is 0 Å². The maximum Gasteiger partial charge on any atom is 0.504 e. The number of hydrogen-bond donors (Lipinski definition) is 0. The molecule has 0 bridgehead atoms. The van der Waals surface area contributed by atoms with Crippen LogP contribution in [0.5, 0.6) is 0 Å². The monoisotopic (exact) mass is 450 g/mol. The number of alkyl halides is 2. The highest BCUT2D eigenvalue weighted by atomic mass is 19.4. The van der Waals surface area contributed by atoms with Crippen LogP contribution in [-0.4, -0.2) is 74.3 Å². The van der Waals surface area contributed by atoms with Crippen LogP contribution in [0.4, 0.5) is 26.7 Å². The van der Waals surface area contributed by atoms with Gasteiger partial charge >= 0.3 is 25.0 Å². The van der Waals surface area contributed by atoms with Crippen LogP contribution in [0.15, 0.2) is 0 Å². The Morgan fingerprint density at radius 2 is 0.931 bits per heavy atom. The molecule has 0 radical (unpaired) electrons. The number of rotatable bonds is 14. The van der Waals surface area contributed by atoms with Gasteiger partial charge in [0.2, 0.25) is 5.66 Å². The van der Waals surface area contributed by atoms with E-state index in [1.807, 2.05) is 0 Å². The van der Waals surface area contributed by atoms with Crippen LogP contribution in [-0.2, 0) is 9.47 Å². The van der Waals surface area contributed by atoms with Gasteiger partial charge in [-0.05, 0) is 0 Å². The van der Waals surface area contributed by atoms with Crippen LogP contribution in [0.3, 0.4) is 0 Å². The SMILES string of the molecule is O=[N+]([O-])C(C(F)OCC(COC(F)C([N+](=O)[O-])[N+](=O)[O-])(N(F)F)N(F)F)[N+](=O)[O-]. The van der Waals surface area contributed by atoms with Gasteiger partial charge in [0.15, 0.2) is 0 Å². The summed E-state index contributed by atoms with van der Waals surface area (Å²) in [6.07, 6.45) is -14.2. The Morgan fingerprint density at radius 3 is 1.10 bits per heavy atom. The van der Waals surface area contributed by atoms with Gasteiger partial charge < -0.3 is 9.47 Å². The summed E-state index contributed by atoms with van der Waals surface area (Å²) in [7, 11) is 0. The molecule has 168 valence electrons. The Kier molecular flexibility index (Phi) is 9.45. The minimum atomic E-state index is -4.33. The van der Waals surface area contributed by atoms with Gasteiger partial charge in [0.1, 0.15) is 19.7 Å². The zero-order valence-corrected chi connectivity index (χ0v) is 13.3. The number of hydrogen-bond acceptors (Lipinski definition) is 12. The van der Waals surface area contributed by atoms with Crippen LogP contribution in [0.25, 0.3) is 0 Å². The van der Waals surface area contributed by atoms with E-state index in [2.05, 4.69) is 9.47 Å². The van der Waals surface area contributed by atoms with Crippen molar-refractivity contribution < 1.29 is 55.9 Å². The summed E-state index contributed by atoms with van der Waals surface area (Å²) in [5.74, 6) is 0. The second-order valence-electron chi connectivity index (χ2n) is 4.74. The molecule has 22 heteroatoms. The van der Waals surface area contributed by atoms with Crippen molar-refractivity contribution in [3.05, 3.63) is 40.5 Å². The molecule has 0 heterocycles. The van der Waals surface area contributed by atoms with Crippen LogP contribution in [0.2, 0.25) is 0 Å². The average molecular weight is 450 g/mol. The first kappa shape index (κ1) is 26.0. The Morgan fingerprint density at radius 1 is 0.690 bits per heavy atom. The Balaban J connectivity index is 5.50. The molecule has 0 fully saturated rings. The van der Waals surface area contributed by atoms with Gasteiger partial charge in [0.05, 0.1) is 23.9 Å². The van der Waals surface area contributed by atoms with Crippen LogP contribution in [0, 0.1) is 40.5 Å². The lowest BCUT2D eigenvalue weighted by atomic mass is 10.2. The van der Waals surface area contributed by atoms with Crippen molar-refractivity contribution in [2.75, 3.05) is 13.2 Å². The van der Waals surface area contributed by atoms with E-state index in [0.717, 1.165) is 0 Å². The van der Waals surface area contributed by atoms with E-state index in [9.17, 15) is 67.2 Å². The highest BCUT2D eigenvalue weighted by Gasteiger charge is 2.54. The summed E-state index contributed by atoms with van der Waals surface area (Å²) in [5, 5.41) is 36.3. The van der Waals surface area contributed by atoms with Crippen LogP contribution in [0.1, 0.15) is 0 Å². The molecule has 0 saturated heterocycles. The largest absolute Gasteiger partial charge is 0.504 e. The van der Waals surface area contributed by atoms with E-state index in [1.165, 1.54) is 0 Å². The van der Waals surface area contributed by atoms with Crippen LogP contribution < -0.4 is 0 Å². The van der Waals surface area contributed by atoms with E-state index >= 15 is 0 Å². The standard InChI is InChI=1S/C7H8F6N6O10/c8-3(5(14(20)21)15(22)23)28-1-7(18(10)11,19(12)13)2-29-4(9)6(16(24)25)17(26)27/h3-6H,1-2H2. The summed E-state index contributed by atoms with van der Waals surface area (Å²) in [6.45, 7) is -4.72. The zero-order chi connectivity index (χ0) is 23.1. The first-order valence-electron chi connectivity index (χ1n) is 6.48. The molecule has 2 unspecified atom stereocenters. The minimum Gasteiger partial charge on any atom is -0.333 e. The number of ether oxygens (including phenoxy) is 2. The lowest BCUT2D eigenvalue weighted by Crippen LogP contribution is -2.58. The molecular weight excluding hydrogens is 442 g/mol. The van der Waals surface area contributed by atoms with E-state index in [1.54, 1.807) is 0 Å². The van der Waals surface area contributed by atoms with Gasteiger partial charge in [-0.1, -0.05) is 17.9 Å². The van der Waals surface area contributed by atoms with E-state index in [0.29, 0.717) is 0 Å². The predicted molar refractivity (Wildman–Crippen MR) is 68.1 cm³/mol. The molecule has 16 nitrogen and oxygen atoms in total. The van der Waals surface area contributed by atoms with Gasteiger partial charge in [-0.3, -0.25) is 40.5 Å². The quantitative estimate of drug-likeness (QED) is 0.115. The molecule has 0 aliphatic carbocycles. The molecule has 0 saturated carbocycles. The van der Waals surface area contributed by atoms with Gasteiger partial charge in [-0.25, -0.2) is 0 Å². The molecule has 0 N–H and O–H groups in total. The van der Waals surface area contributed by atoms with Gasteiger partial charge in [0, 0.05) is 0 Å². The van der Waals surface area contributed by atoms with Gasteiger partial charge in [-0.2, -0.15) is 8.78 Å². The average Bonchev–Trinajstić information content (AvgIpc) is 2.52. The molecule has 2 atom stereocenters. The van der Waals surface area contributed by atoms with Gasteiger partial charge in [-0.15, -0.1) is 0 Å². The summed E-state index contributed by atoms with van der Waals surface area (Å²) in [4.78, 5) is 33.7. The Bertz CT molecular complexity index is 548.